The van der Waals surface area contributed by atoms with Gasteiger partial charge in [-0.05, 0) is 5.92 Å². The van der Waals surface area contributed by atoms with Crippen LogP contribution in [0, 0.1) is 5.92 Å². The van der Waals surface area contributed by atoms with Crippen LogP contribution in [-0.2, 0) is 4.74 Å². The Morgan fingerprint density at radius 2 is 1.71 bits per heavy atom. The Hall–Kier alpha value is -0.200. The Balaban J connectivity index is 2.73. The van der Waals surface area contributed by atoms with Gasteiger partial charge in [-0.2, -0.15) is 0 Å². The Morgan fingerprint density at radius 1 is 1.14 bits per heavy atom. The van der Waals surface area contributed by atoms with Crippen LogP contribution < -0.4 is 5.73 Å². The van der Waals surface area contributed by atoms with Gasteiger partial charge in [0.1, 0.15) is 18.3 Å². The van der Waals surface area contributed by atoms with Crippen LogP contribution in [0.15, 0.2) is 0 Å². The van der Waals surface area contributed by atoms with E-state index < -0.39 is 30.5 Å². The number of ether oxygens (including phenoxy) is 1. The van der Waals surface area contributed by atoms with E-state index in [1.807, 2.05) is 13.8 Å². The van der Waals surface area contributed by atoms with E-state index in [-0.39, 0.29) is 12.5 Å². The van der Waals surface area contributed by atoms with Gasteiger partial charge in [0.05, 0.1) is 12.2 Å². The Kier molecular flexibility index (Phi) is 3.86. The van der Waals surface area contributed by atoms with E-state index in [0.29, 0.717) is 0 Å². The molecule has 5 N–H and O–H groups in total. The van der Waals surface area contributed by atoms with Gasteiger partial charge < -0.3 is 25.8 Å². The zero-order valence-corrected chi connectivity index (χ0v) is 8.50. The molecule has 1 saturated heterocycles. The maximum atomic E-state index is 9.62. The highest BCUT2D eigenvalue weighted by molar-refractivity contribution is 4.93. The molecule has 0 spiro atoms. The second-order valence-electron chi connectivity index (χ2n) is 4.09. The summed E-state index contributed by atoms with van der Waals surface area (Å²) in [6.07, 6.45) is -4.40. The van der Waals surface area contributed by atoms with Gasteiger partial charge in [0.2, 0.25) is 0 Å². The van der Waals surface area contributed by atoms with Crippen molar-refractivity contribution in [1.82, 2.24) is 0 Å². The van der Waals surface area contributed by atoms with Crippen LogP contribution in [0.2, 0.25) is 0 Å². The van der Waals surface area contributed by atoms with Crippen LogP contribution in [0.5, 0.6) is 0 Å². The Bertz CT molecular complexity index is 186. The fourth-order valence-corrected chi connectivity index (χ4v) is 1.73. The van der Waals surface area contributed by atoms with Crippen molar-refractivity contribution in [3.63, 3.8) is 0 Å². The average Bonchev–Trinajstić information content (AvgIpc) is 2.14. The standard InChI is InChI=1S/C9H19NO4/c1-4(2)9-8(13)7(12)6(11)5(3-10)14-9/h4-9,11-13H,3,10H2,1-2H3/t5?,6-,7+,8?,9+/m1/s1. The minimum atomic E-state index is -1.18. The SMILES string of the molecule is CC(C)[C@@H]1OC(CN)[C@@H](O)[C@H](O)C1O. The lowest BCUT2D eigenvalue weighted by atomic mass is 9.89. The smallest absolute Gasteiger partial charge is 0.111 e. The molecule has 5 atom stereocenters. The summed E-state index contributed by atoms with van der Waals surface area (Å²) in [5.74, 6) is 0.0706. The van der Waals surface area contributed by atoms with Crippen LogP contribution in [0.3, 0.4) is 0 Å². The normalized spacial score (nSPS) is 44.4. The van der Waals surface area contributed by atoms with Crippen molar-refractivity contribution in [2.24, 2.45) is 11.7 Å². The zero-order chi connectivity index (χ0) is 10.9. The summed E-state index contributed by atoms with van der Waals surface area (Å²) in [6, 6.07) is 0. The topological polar surface area (TPSA) is 95.9 Å². The molecule has 5 heteroatoms. The quantitative estimate of drug-likeness (QED) is 0.438. The third kappa shape index (κ3) is 2.07. The van der Waals surface area contributed by atoms with Gasteiger partial charge >= 0.3 is 0 Å². The largest absolute Gasteiger partial charge is 0.388 e. The highest BCUT2D eigenvalue weighted by Crippen LogP contribution is 2.25. The third-order valence-corrected chi connectivity index (χ3v) is 2.64. The lowest BCUT2D eigenvalue weighted by Gasteiger charge is -2.42. The van der Waals surface area contributed by atoms with Crippen molar-refractivity contribution >= 4 is 0 Å². The first-order valence-corrected chi connectivity index (χ1v) is 4.88. The highest BCUT2D eigenvalue weighted by atomic mass is 16.5. The molecule has 0 bridgehead atoms. The third-order valence-electron chi connectivity index (χ3n) is 2.64. The molecule has 0 aromatic rings. The average molecular weight is 205 g/mol. The van der Waals surface area contributed by atoms with E-state index in [2.05, 4.69) is 0 Å². The Morgan fingerprint density at radius 3 is 2.14 bits per heavy atom. The van der Waals surface area contributed by atoms with Gasteiger partial charge in [-0.25, -0.2) is 0 Å². The second kappa shape index (κ2) is 4.55. The molecule has 1 aliphatic rings. The van der Waals surface area contributed by atoms with Crippen molar-refractivity contribution in [1.29, 1.82) is 0 Å². The van der Waals surface area contributed by atoms with Crippen molar-refractivity contribution in [2.75, 3.05) is 6.54 Å². The summed E-state index contributed by atoms with van der Waals surface area (Å²) in [5.41, 5.74) is 5.39. The molecule has 1 heterocycles. The molecular formula is C9H19NO4. The number of rotatable bonds is 2. The molecule has 2 unspecified atom stereocenters. The van der Waals surface area contributed by atoms with Crippen molar-refractivity contribution in [3.05, 3.63) is 0 Å². The van der Waals surface area contributed by atoms with Crippen LogP contribution in [-0.4, -0.2) is 52.4 Å². The molecule has 14 heavy (non-hydrogen) atoms. The van der Waals surface area contributed by atoms with Gasteiger partial charge in [-0.1, -0.05) is 13.8 Å². The van der Waals surface area contributed by atoms with Gasteiger partial charge in [-0.3, -0.25) is 0 Å². The molecule has 1 rings (SSSR count). The predicted molar refractivity (Wildman–Crippen MR) is 50.6 cm³/mol. The van der Waals surface area contributed by atoms with E-state index in [1.165, 1.54) is 0 Å². The lowest BCUT2D eigenvalue weighted by Crippen LogP contribution is -2.60. The van der Waals surface area contributed by atoms with Crippen LogP contribution in [0.25, 0.3) is 0 Å². The van der Waals surface area contributed by atoms with Crippen molar-refractivity contribution in [2.45, 2.75) is 44.4 Å². The van der Waals surface area contributed by atoms with Crippen molar-refractivity contribution < 1.29 is 20.1 Å². The molecule has 0 radical (unpaired) electrons. The first-order chi connectivity index (χ1) is 6.49. The molecule has 1 fully saturated rings. The van der Waals surface area contributed by atoms with E-state index in [9.17, 15) is 15.3 Å². The minimum Gasteiger partial charge on any atom is -0.388 e. The molecule has 0 aromatic carbocycles. The van der Waals surface area contributed by atoms with Crippen LogP contribution >= 0.6 is 0 Å². The minimum absolute atomic E-state index is 0.0706. The molecule has 0 aromatic heterocycles. The van der Waals surface area contributed by atoms with Gasteiger partial charge in [0, 0.05) is 6.54 Å². The summed E-state index contributed by atoms with van der Waals surface area (Å²) < 4.78 is 5.41. The summed E-state index contributed by atoms with van der Waals surface area (Å²) in [5, 5.41) is 28.6. The fraction of sp³-hybridized carbons (Fsp3) is 1.00. The van der Waals surface area contributed by atoms with Gasteiger partial charge in [-0.15, -0.1) is 0 Å². The molecule has 1 aliphatic heterocycles. The molecule has 84 valence electrons. The number of hydrogen-bond acceptors (Lipinski definition) is 5. The summed E-state index contributed by atoms with van der Waals surface area (Å²) in [4.78, 5) is 0. The maximum Gasteiger partial charge on any atom is 0.111 e. The number of aliphatic hydroxyl groups is 3. The monoisotopic (exact) mass is 205 g/mol. The molecule has 0 amide bonds. The Labute approximate surface area is 83.5 Å². The van der Waals surface area contributed by atoms with E-state index >= 15 is 0 Å². The summed E-state index contributed by atoms with van der Waals surface area (Å²) in [6.45, 7) is 3.89. The van der Waals surface area contributed by atoms with Crippen LogP contribution in [0.4, 0.5) is 0 Å². The molecule has 0 aliphatic carbocycles. The molecule has 5 nitrogen and oxygen atoms in total. The van der Waals surface area contributed by atoms with Gasteiger partial charge in [0.25, 0.3) is 0 Å². The molecule has 0 saturated carbocycles. The molecular weight excluding hydrogens is 186 g/mol. The van der Waals surface area contributed by atoms with Gasteiger partial charge in [0.15, 0.2) is 0 Å². The summed E-state index contributed by atoms with van der Waals surface area (Å²) in [7, 11) is 0. The second-order valence-corrected chi connectivity index (χ2v) is 4.09. The first kappa shape index (κ1) is 11.9. The zero-order valence-electron chi connectivity index (χ0n) is 8.50. The number of aliphatic hydroxyl groups excluding tert-OH is 3. The number of nitrogens with two attached hydrogens (primary N) is 1. The van der Waals surface area contributed by atoms with Crippen LogP contribution in [0.1, 0.15) is 13.8 Å². The van der Waals surface area contributed by atoms with Crippen molar-refractivity contribution in [3.8, 4) is 0 Å². The predicted octanol–water partition coefficient (Wildman–Crippen LogP) is -1.55. The summed E-state index contributed by atoms with van der Waals surface area (Å²) >= 11 is 0. The number of hydrogen-bond donors (Lipinski definition) is 4. The van der Waals surface area contributed by atoms with E-state index in [4.69, 9.17) is 10.5 Å². The van der Waals surface area contributed by atoms with E-state index in [0.717, 1.165) is 0 Å². The lowest BCUT2D eigenvalue weighted by molar-refractivity contribution is -0.228. The van der Waals surface area contributed by atoms with E-state index in [1.54, 1.807) is 0 Å². The highest BCUT2D eigenvalue weighted by Gasteiger charge is 2.43. The first-order valence-electron chi connectivity index (χ1n) is 4.88. The fourth-order valence-electron chi connectivity index (χ4n) is 1.73. The maximum absolute atomic E-state index is 9.62.